The fourth-order valence-electron chi connectivity index (χ4n) is 3.06. The van der Waals surface area contributed by atoms with Crippen molar-refractivity contribution >= 4 is 17.9 Å². The molecule has 1 fully saturated rings. The number of ether oxygens (including phenoxy) is 1. The Morgan fingerprint density at radius 2 is 1.67 bits per heavy atom. The van der Waals surface area contributed by atoms with Crippen molar-refractivity contribution in [1.82, 2.24) is 10.2 Å². The fourth-order valence-corrected chi connectivity index (χ4v) is 3.06. The third-order valence-corrected chi connectivity index (χ3v) is 4.70. The lowest BCUT2D eigenvalue weighted by atomic mass is 9.89. The summed E-state index contributed by atoms with van der Waals surface area (Å²) in [4.78, 5) is 38.1. The van der Waals surface area contributed by atoms with Crippen LogP contribution in [0.1, 0.15) is 31.0 Å². The van der Waals surface area contributed by atoms with E-state index in [0.29, 0.717) is 0 Å². The van der Waals surface area contributed by atoms with Crippen LogP contribution in [-0.2, 0) is 20.9 Å². The highest BCUT2D eigenvalue weighted by atomic mass is 16.5. The highest BCUT2D eigenvalue weighted by Crippen LogP contribution is 2.28. The van der Waals surface area contributed by atoms with Gasteiger partial charge in [-0.3, -0.25) is 4.79 Å². The van der Waals surface area contributed by atoms with Crippen LogP contribution < -0.4 is 5.32 Å². The van der Waals surface area contributed by atoms with Crippen LogP contribution in [0.5, 0.6) is 0 Å². The number of likely N-dealkylation sites (tertiary alicyclic amines) is 1. The van der Waals surface area contributed by atoms with Crippen molar-refractivity contribution in [3.05, 3.63) is 71.8 Å². The molecule has 3 unspecified atom stereocenters. The number of benzene rings is 2. The van der Waals surface area contributed by atoms with Gasteiger partial charge in [0, 0.05) is 0 Å². The first-order valence-electron chi connectivity index (χ1n) is 8.88. The van der Waals surface area contributed by atoms with Crippen LogP contribution in [0.3, 0.4) is 0 Å². The molecule has 27 heavy (non-hydrogen) atoms. The van der Waals surface area contributed by atoms with E-state index < -0.39 is 24.0 Å². The van der Waals surface area contributed by atoms with Crippen LogP contribution >= 0.6 is 0 Å². The number of rotatable bonds is 5. The Labute approximate surface area is 158 Å². The normalized spacial score (nSPS) is 19.8. The number of nitrogens with one attached hydrogen (secondary N) is 1. The zero-order valence-corrected chi connectivity index (χ0v) is 15.3. The lowest BCUT2D eigenvalue weighted by Crippen LogP contribution is -2.67. The zero-order valence-electron chi connectivity index (χ0n) is 15.3. The van der Waals surface area contributed by atoms with Crippen LogP contribution in [-0.4, -0.2) is 28.8 Å². The van der Waals surface area contributed by atoms with Gasteiger partial charge < -0.3 is 10.1 Å². The molecule has 0 radical (unpaired) electrons. The first-order chi connectivity index (χ1) is 13.0. The van der Waals surface area contributed by atoms with Crippen molar-refractivity contribution in [2.45, 2.75) is 32.5 Å². The Hall–Kier alpha value is -3.15. The van der Waals surface area contributed by atoms with Gasteiger partial charge in [-0.2, -0.15) is 0 Å². The predicted molar refractivity (Wildman–Crippen MR) is 99.4 cm³/mol. The summed E-state index contributed by atoms with van der Waals surface area (Å²) in [5, 5.41) is 2.77. The molecule has 3 atom stereocenters. The third-order valence-electron chi connectivity index (χ3n) is 4.70. The van der Waals surface area contributed by atoms with Crippen LogP contribution in [0.2, 0.25) is 0 Å². The summed E-state index contributed by atoms with van der Waals surface area (Å²) in [5.41, 5.74) is 1.76. The summed E-state index contributed by atoms with van der Waals surface area (Å²) >= 11 is 0. The van der Waals surface area contributed by atoms with Gasteiger partial charge in [-0.05, 0) is 18.1 Å². The molecule has 1 heterocycles. The van der Waals surface area contributed by atoms with Crippen molar-refractivity contribution in [2.24, 2.45) is 5.92 Å². The van der Waals surface area contributed by atoms with Crippen LogP contribution in [0.25, 0.3) is 0 Å². The van der Waals surface area contributed by atoms with Crippen LogP contribution in [0.15, 0.2) is 60.7 Å². The Balaban J connectivity index is 1.62. The summed E-state index contributed by atoms with van der Waals surface area (Å²) in [6, 6.07) is 16.9. The molecule has 0 aromatic heterocycles. The van der Waals surface area contributed by atoms with Gasteiger partial charge in [-0.15, -0.1) is 0 Å². The fraction of sp³-hybridized carbons (Fsp3) is 0.286. The van der Waals surface area contributed by atoms with Crippen molar-refractivity contribution < 1.29 is 19.1 Å². The van der Waals surface area contributed by atoms with Gasteiger partial charge in [-0.1, -0.05) is 67.6 Å². The second kappa shape index (κ2) is 8.03. The first kappa shape index (κ1) is 18.6. The second-order valence-corrected chi connectivity index (χ2v) is 6.62. The summed E-state index contributed by atoms with van der Waals surface area (Å²) in [5.74, 6) is -1.53. The molecule has 0 spiro atoms. The molecule has 1 N–H and O–H groups in total. The molecule has 3 amide bonds. The summed E-state index contributed by atoms with van der Waals surface area (Å²) < 4.78 is 5.31. The zero-order chi connectivity index (χ0) is 19.4. The molecule has 0 saturated carbocycles. The van der Waals surface area contributed by atoms with Crippen LogP contribution in [0.4, 0.5) is 4.79 Å². The average molecular weight is 366 g/mol. The van der Waals surface area contributed by atoms with Crippen molar-refractivity contribution in [3.8, 4) is 0 Å². The molecule has 1 aliphatic heterocycles. The smallest absolute Gasteiger partial charge is 0.330 e. The average Bonchev–Trinajstić information content (AvgIpc) is 2.70. The maximum Gasteiger partial charge on any atom is 0.330 e. The summed E-state index contributed by atoms with van der Waals surface area (Å²) in [7, 11) is 0. The van der Waals surface area contributed by atoms with Gasteiger partial charge in [0.15, 0.2) is 6.04 Å². The minimum Gasteiger partial charge on any atom is -0.459 e. The standard InChI is InChI=1S/C21H22N2O4/c1-14-18(20(25)27-13-16-9-5-3-6-10-16)23(19(14)24)21(26)22-15(2)17-11-7-4-8-12-17/h3-12,14-15,18H,13H2,1-2H3,(H,22,26). The SMILES string of the molecule is CC(NC(=O)N1C(=O)C(C)C1C(=O)OCc1ccccc1)c1ccccc1. The van der Waals surface area contributed by atoms with Crippen molar-refractivity contribution in [1.29, 1.82) is 0 Å². The molecule has 1 aliphatic rings. The van der Waals surface area contributed by atoms with E-state index in [-0.39, 0.29) is 18.6 Å². The van der Waals surface area contributed by atoms with Gasteiger partial charge in [-0.25, -0.2) is 14.5 Å². The molecule has 0 bridgehead atoms. The summed E-state index contributed by atoms with van der Waals surface area (Å²) in [6.45, 7) is 3.55. The molecule has 6 nitrogen and oxygen atoms in total. The lowest BCUT2D eigenvalue weighted by Gasteiger charge is -2.42. The predicted octanol–water partition coefficient (Wildman–Crippen LogP) is 3.05. The number of esters is 1. The number of β-lactam (4-membered cyclic amide) rings is 1. The van der Waals surface area contributed by atoms with E-state index in [1.54, 1.807) is 6.92 Å². The van der Waals surface area contributed by atoms with Gasteiger partial charge in [0.2, 0.25) is 5.91 Å². The minimum absolute atomic E-state index is 0.104. The van der Waals surface area contributed by atoms with Crippen molar-refractivity contribution in [3.63, 3.8) is 0 Å². The monoisotopic (exact) mass is 366 g/mol. The van der Waals surface area contributed by atoms with Gasteiger partial charge >= 0.3 is 12.0 Å². The Morgan fingerprint density at radius 1 is 1.07 bits per heavy atom. The van der Waals surface area contributed by atoms with E-state index in [1.807, 2.05) is 67.6 Å². The number of hydrogen-bond donors (Lipinski definition) is 1. The molecule has 2 aromatic rings. The minimum atomic E-state index is -0.899. The number of hydrogen-bond acceptors (Lipinski definition) is 4. The number of urea groups is 1. The molecule has 2 aromatic carbocycles. The van der Waals surface area contributed by atoms with Gasteiger partial charge in [0.1, 0.15) is 6.61 Å². The topological polar surface area (TPSA) is 75.7 Å². The maximum atomic E-state index is 12.5. The number of nitrogens with zero attached hydrogens (tertiary/aromatic N) is 1. The molecular weight excluding hydrogens is 344 g/mol. The number of amides is 3. The molecule has 3 rings (SSSR count). The van der Waals surface area contributed by atoms with Gasteiger partial charge in [0.05, 0.1) is 12.0 Å². The van der Waals surface area contributed by atoms with E-state index >= 15 is 0 Å². The molecule has 6 heteroatoms. The second-order valence-electron chi connectivity index (χ2n) is 6.62. The quantitative estimate of drug-likeness (QED) is 0.652. The Kier molecular flexibility index (Phi) is 5.54. The van der Waals surface area contributed by atoms with E-state index in [4.69, 9.17) is 4.74 Å². The number of imide groups is 1. The van der Waals surface area contributed by atoms with E-state index in [9.17, 15) is 14.4 Å². The number of carbonyl (C=O) groups excluding carboxylic acids is 3. The highest BCUT2D eigenvalue weighted by molar-refractivity contribution is 6.07. The largest absolute Gasteiger partial charge is 0.459 e. The Bertz CT molecular complexity index is 823. The number of carbonyl (C=O) groups is 3. The molecular formula is C21H22N2O4. The summed E-state index contributed by atoms with van der Waals surface area (Å²) in [6.07, 6.45) is 0. The molecule has 140 valence electrons. The third kappa shape index (κ3) is 4.00. The Morgan fingerprint density at radius 3 is 2.30 bits per heavy atom. The van der Waals surface area contributed by atoms with Gasteiger partial charge in [0.25, 0.3) is 0 Å². The molecule has 1 saturated heterocycles. The van der Waals surface area contributed by atoms with E-state index in [0.717, 1.165) is 16.0 Å². The van der Waals surface area contributed by atoms with E-state index in [1.165, 1.54) is 0 Å². The first-order valence-corrected chi connectivity index (χ1v) is 8.88. The maximum absolute atomic E-state index is 12.5. The molecule has 0 aliphatic carbocycles. The highest BCUT2D eigenvalue weighted by Gasteiger charge is 2.53. The van der Waals surface area contributed by atoms with Crippen LogP contribution in [0, 0.1) is 5.92 Å². The lowest BCUT2D eigenvalue weighted by molar-refractivity contribution is -0.169. The van der Waals surface area contributed by atoms with Crippen molar-refractivity contribution in [2.75, 3.05) is 0 Å². The van der Waals surface area contributed by atoms with E-state index in [2.05, 4.69) is 5.32 Å².